The zero-order valence-corrected chi connectivity index (χ0v) is 15.3. The molecule has 0 aliphatic rings. The molecule has 1 amide bonds. The summed E-state index contributed by atoms with van der Waals surface area (Å²) in [7, 11) is 0. The second-order valence-corrected chi connectivity index (χ2v) is 7.66. The predicted octanol–water partition coefficient (Wildman–Crippen LogP) is 4.11. The van der Waals surface area contributed by atoms with E-state index in [4.69, 9.17) is 39.5 Å². The minimum Gasteiger partial charge on any atom is -0.449 e. The lowest BCUT2D eigenvalue weighted by Crippen LogP contribution is -2.48. The Bertz CT molecular complexity index is 690. The highest BCUT2D eigenvalue weighted by atomic mass is 35.6. The third kappa shape index (κ3) is 5.23. The summed E-state index contributed by atoms with van der Waals surface area (Å²) in [6, 6.07) is 10.1. The van der Waals surface area contributed by atoms with Crippen molar-refractivity contribution in [2.45, 2.75) is 29.8 Å². The van der Waals surface area contributed by atoms with Crippen LogP contribution in [-0.2, 0) is 0 Å². The number of nitrogens with one attached hydrogen (secondary N) is 1. The first-order valence-electron chi connectivity index (χ1n) is 7.19. The normalized spacial score (nSPS) is 12.8. The van der Waals surface area contributed by atoms with Gasteiger partial charge >= 0.3 is 0 Å². The maximum atomic E-state index is 12.3. The van der Waals surface area contributed by atoms with Crippen molar-refractivity contribution < 1.29 is 9.53 Å². The van der Waals surface area contributed by atoms with E-state index in [2.05, 4.69) is 15.3 Å². The van der Waals surface area contributed by atoms with Crippen LogP contribution in [0.3, 0.4) is 0 Å². The molecule has 0 bridgehead atoms. The van der Waals surface area contributed by atoms with E-state index in [1.807, 2.05) is 13.8 Å². The number of nitrogens with zero attached hydrogens (tertiary/aromatic N) is 2. The van der Waals surface area contributed by atoms with Crippen molar-refractivity contribution in [3.8, 4) is 5.88 Å². The topological polar surface area (TPSA) is 64.1 Å². The van der Waals surface area contributed by atoms with Crippen LogP contribution in [0.1, 0.15) is 35.9 Å². The van der Waals surface area contributed by atoms with Gasteiger partial charge in [-0.15, -0.1) is 0 Å². The molecule has 0 aliphatic heterocycles. The molecule has 5 nitrogen and oxygen atoms in total. The molecule has 24 heavy (non-hydrogen) atoms. The lowest BCUT2D eigenvalue weighted by molar-refractivity contribution is 0.0825. The Hall–Kier alpha value is -1.56. The maximum absolute atomic E-state index is 12.3. The highest BCUT2D eigenvalue weighted by Gasteiger charge is 2.36. The van der Waals surface area contributed by atoms with E-state index in [1.165, 1.54) is 6.07 Å². The molecule has 0 unspecified atom stereocenters. The number of aromatic nitrogens is 2. The molecule has 0 radical (unpaired) electrons. The number of benzene rings is 1. The van der Waals surface area contributed by atoms with Gasteiger partial charge in [-0.1, -0.05) is 66.8 Å². The monoisotopic (exact) mass is 387 g/mol. The Kier molecular flexibility index (Phi) is 6.27. The van der Waals surface area contributed by atoms with Gasteiger partial charge in [-0.3, -0.25) is 4.79 Å². The first kappa shape index (κ1) is 18.8. The molecule has 1 aromatic carbocycles. The van der Waals surface area contributed by atoms with Crippen LogP contribution in [0.2, 0.25) is 0 Å². The molecule has 0 fully saturated rings. The quantitative estimate of drug-likeness (QED) is 0.618. The van der Waals surface area contributed by atoms with Crippen molar-refractivity contribution >= 4 is 40.7 Å². The number of alkyl halides is 3. The number of hydrogen-bond acceptors (Lipinski definition) is 4. The molecule has 1 N–H and O–H groups in total. The summed E-state index contributed by atoms with van der Waals surface area (Å²) in [4.78, 5) is 20.7. The molecule has 2 rings (SSSR count). The molecule has 1 heterocycles. The summed E-state index contributed by atoms with van der Waals surface area (Å²) < 4.78 is 3.70. The lowest BCUT2D eigenvalue weighted by atomic mass is 10.2. The molecule has 0 aliphatic carbocycles. The van der Waals surface area contributed by atoms with Crippen LogP contribution in [-0.4, -0.2) is 25.9 Å². The van der Waals surface area contributed by atoms with Crippen molar-refractivity contribution in [1.82, 2.24) is 15.3 Å². The third-order valence-corrected chi connectivity index (χ3v) is 3.59. The van der Waals surface area contributed by atoms with Gasteiger partial charge in [0.15, 0.2) is 0 Å². The summed E-state index contributed by atoms with van der Waals surface area (Å²) in [5.74, 6) is 0.479. The van der Waals surface area contributed by atoms with Gasteiger partial charge < -0.3 is 10.1 Å². The Morgan fingerprint density at radius 3 is 2.42 bits per heavy atom. The van der Waals surface area contributed by atoms with Crippen LogP contribution < -0.4 is 10.1 Å². The standard InChI is InChI=1S/C16H16Cl3N3O2/c1-10(2)13-20-9-8-12(21-13)24-15(16(17,18)19)22-14(23)11-6-4-3-5-7-11/h3-10,15H,1-2H3,(H,22,23)/t15-/m1/s1. The third-order valence-electron chi connectivity index (χ3n) is 3.00. The van der Waals surface area contributed by atoms with Crippen molar-refractivity contribution in [2.75, 3.05) is 0 Å². The lowest BCUT2D eigenvalue weighted by Gasteiger charge is -2.25. The first-order chi connectivity index (χ1) is 11.3. The zero-order valence-electron chi connectivity index (χ0n) is 13.0. The Morgan fingerprint density at radius 1 is 1.17 bits per heavy atom. The van der Waals surface area contributed by atoms with E-state index >= 15 is 0 Å². The smallest absolute Gasteiger partial charge is 0.254 e. The van der Waals surface area contributed by atoms with Gasteiger partial charge in [0.2, 0.25) is 15.9 Å². The fourth-order valence-corrected chi connectivity index (χ4v) is 2.09. The largest absolute Gasteiger partial charge is 0.449 e. The van der Waals surface area contributed by atoms with Crippen molar-refractivity contribution in [2.24, 2.45) is 0 Å². The van der Waals surface area contributed by atoms with E-state index in [-0.39, 0.29) is 11.8 Å². The van der Waals surface area contributed by atoms with Crippen LogP contribution in [0, 0.1) is 0 Å². The first-order valence-corrected chi connectivity index (χ1v) is 8.33. The van der Waals surface area contributed by atoms with E-state index in [0.717, 1.165) is 0 Å². The molecule has 0 saturated carbocycles. The van der Waals surface area contributed by atoms with E-state index < -0.39 is 15.9 Å². The molecule has 2 aromatic rings. The second kappa shape index (κ2) is 8.01. The fourth-order valence-electron chi connectivity index (χ4n) is 1.79. The Labute approximate surface area is 155 Å². The van der Waals surface area contributed by atoms with Gasteiger partial charge in [-0.05, 0) is 12.1 Å². The number of ether oxygens (including phenoxy) is 1. The molecular formula is C16H16Cl3N3O2. The van der Waals surface area contributed by atoms with Gasteiger partial charge in [-0.25, -0.2) is 4.98 Å². The average molecular weight is 389 g/mol. The van der Waals surface area contributed by atoms with E-state index in [9.17, 15) is 4.79 Å². The molecule has 0 spiro atoms. The van der Waals surface area contributed by atoms with E-state index in [1.54, 1.807) is 36.5 Å². The molecular weight excluding hydrogens is 373 g/mol. The van der Waals surface area contributed by atoms with Crippen molar-refractivity contribution in [1.29, 1.82) is 0 Å². The number of amides is 1. The van der Waals surface area contributed by atoms with Crippen molar-refractivity contribution in [3.05, 3.63) is 54.0 Å². The van der Waals surface area contributed by atoms with Crippen molar-refractivity contribution in [3.63, 3.8) is 0 Å². The number of halogens is 3. The SMILES string of the molecule is CC(C)c1nccc(O[C@@H](NC(=O)c2ccccc2)C(Cl)(Cl)Cl)n1. The Balaban J connectivity index is 2.18. The minimum absolute atomic E-state index is 0.110. The highest BCUT2D eigenvalue weighted by Crippen LogP contribution is 2.31. The summed E-state index contributed by atoms with van der Waals surface area (Å²) >= 11 is 17.8. The predicted molar refractivity (Wildman–Crippen MR) is 94.7 cm³/mol. The van der Waals surface area contributed by atoms with Gasteiger partial charge in [0.25, 0.3) is 5.91 Å². The van der Waals surface area contributed by atoms with Crippen LogP contribution in [0.4, 0.5) is 0 Å². The summed E-state index contributed by atoms with van der Waals surface area (Å²) in [5.41, 5.74) is 0.422. The summed E-state index contributed by atoms with van der Waals surface area (Å²) in [6.45, 7) is 3.89. The number of hydrogen-bond donors (Lipinski definition) is 1. The maximum Gasteiger partial charge on any atom is 0.254 e. The average Bonchev–Trinajstić information content (AvgIpc) is 2.54. The van der Waals surface area contributed by atoms with Gasteiger partial charge in [-0.2, -0.15) is 4.98 Å². The summed E-state index contributed by atoms with van der Waals surface area (Å²) in [5, 5.41) is 2.55. The highest BCUT2D eigenvalue weighted by molar-refractivity contribution is 6.68. The number of rotatable bonds is 5. The van der Waals surface area contributed by atoms with Crippen LogP contribution in [0.5, 0.6) is 5.88 Å². The second-order valence-electron chi connectivity index (χ2n) is 5.29. The Morgan fingerprint density at radius 2 is 1.83 bits per heavy atom. The van der Waals surface area contributed by atoms with Gasteiger partial charge in [0.05, 0.1) is 0 Å². The summed E-state index contributed by atoms with van der Waals surface area (Å²) in [6.07, 6.45) is 0.330. The van der Waals surface area contributed by atoms with E-state index in [0.29, 0.717) is 11.4 Å². The number of carbonyl (C=O) groups is 1. The van der Waals surface area contributed by atoms with Crippen LogP contribution in [0.15, 0.2) is 42.6 Å². The number of carbonyl (C=O) groups excluding carboxylic acids is 1. The minimum atomic E-state index is -1.88. The van der Waals surface area contributed by atoms with Gasteiger partial charge in [0.1, 0.15) is 5.82 Å². The molecule has 1 aromatic heterocycles. The van der Waals surface area contributed by atoms with Crippen LogP contribution >= 0.6 is 34.8 Å². The molecule has 0 saturated heterocycles. The molecule has 128 valence electrons. The fraction of sp³-hybridized carbons (Fsp3) is 0.312. The van der Waals surface area contributed by atoms with Gasteiger partial charge in [0, 0.05) is 23.7 Å². The zero-order chi connectivity index (χ0) is 17.7. The molecule has 1 atom stereocenters. The van der Waals surface area contributed by atoms with Crippen LogP contribution in [0.25, 0.3) is 0 Å². The molecule has 8 heteroatoms.